The number of aromatic amines is 1. The Morgan fingerprint density at radius 1 is 1.30 bits per heavy atom. The lowest BCUT2D eigenvalue weighted by atomic mass is 9.98. The maximum absolute atomic E-state index is 12.4. The second kappa shape index (κ2) is 6.35. The predicted octanol–water partition coefficient (Wildman–Crippen LogP) is 2.69. The van der Waals surface area contributed by atoms with Gasteiger partial charge in [-0.3, -0.25) is 4.79 Å². The highest BCUT2D eigenvalue weighted by Crippen LogP contribution is 2.45. The summed E-state index contributed by atoms with van der Waals surface area (Å²) < 4.78 is 13.2. The predicted molar refractivity (Wildman–Crippen MR) is 104 cm³/mol. The smallest absolute Gasteiger partial charge is 0.274 e. The Morgan fingerprint density at radius 2 is 2.07 bits per heavy atom. The molecule has 7 heteroatoms. The maximum Gasteiger partial charge on any atom is 0.274 e. The van der Waals surface area contributed by atoms with E-state index in [2.05, 4.69) is 10.3 Å². The Morgan fingerprint density at radius 3 is 2.78 bits per heavy atom. The molecule has 0 radical (unpaired) electrons. The van der Waals surface area contributed by atoms with Gasteiger partial charge < -0.3 is 29.4 Å². The maximum atomic E-state index is 12.4. The van der Waals surface area contributed by atoms with E-state index in [-0.39, 0.29) is 17.6 Å². The second-order valence-corrected chi connectivity index (χ2v) is 7.19. The van der Waals surface area contributed by atoms with Gasteiger partial charge in [-0.2, -0.15) is 0 Å². The van der Waals surface area contributed by atoms with E-state index in [0.29, 0.717) is 22.7 Å². The molecule has 0 amide bonds. The first kappa shape index (κ1) is 17.5. The number of hydrogen-bond donors (Lipinski definition) is 3. The number of benzene rings is 1. The lowest BCUT2D eigenvalue weighted by molar-refractivity contribution is 0.0174. The SMILES string of the molecule is COc1cc2c(c(-c3cn(C)c(=O)c4[nH]ccc34)c1)OC(C(C)C)C(O)N2. The van der Waals surface area contributed by atoms with Crippen molar-refractivity contribution in [2.75, 3.05) is 12.4 Å². The number of anilines is 1. The van der Waals surface area contributed by atoms with Gasteiger partial charge in [0.2, 0.25) is 0 Å². The minimum absolute atomic E-state index is 0.0926. The molecule has 142 valence electrons. The Kier molecular flexibility index (Phi) is 4.11. The van der Waals surface area contributed by atoms with Crippen LogP contribution in [-0.4, -0.2) is 34.1 Å². The molecule has 1 aliphatic heterocycles. The summed E-state index contributed by atoms with van der Waals surface area (Å²) in [6, 6.07) is 5.57. The molecule has 7 nitrogen and oxygen atoms in total. The lowest BCUT2D eigenvalue weighted by Crippen LogP contribution is -2.44. The van der Waals surface area contributed by atoms with Crippen LogP contribution in [0, 0.1) is 5.92 Å². The lowest BCUT2D eigenvalue weighted by Gasteiger charge is -2.35. The van der Waals surface area contributed by atoms with Crippen molar-refractivity contribution < 1.29 is 14.6 Å². The van der Waals surface area contributed by atoms with Crippen LogP contribution >= 0.6 is 0 Å². The monoisotopic (exact) mass is 369 g/mol. The number of aliphatic hydroxyl groups is 1. The van der Waals surface area contributed by atoms with Crippen molar-refractivity contribution in [1.29, 1.82) is 0 Å². The van der Waals surface area contributed by atoms with Gasteiger partial charge in [0.25, 0.3) is 5.56 Å². The summed E-state index contributed by atoms with van der Waals surface area (Å²) in [4.78, 5) is 15.4. The van der Waals surface area contributed by atoms with Crippen molar-refractivity contribution in [3.8, 4) is 22.6 Å². The zero-order chi connectivity index (χ0) is 19.3. The van der Waals surface area contributed by atoms with E-state index in [1.54, 1.807) is 37.2 Å². The number of fused-ring (bicyclic) bond motifs is 2. The zero-order valence-corrected chi connectivity index (χ0v) is 15.7. The minimum Gasteiger partial charge on any atom is -0.497 e. The third-order valence-electron chi connectivity index (χ3n) is 5.01. The zero-order valence-electron chi connectivity index (χ0n) is 15.7. The molecule has 3 N–H and O–H groups in total. The number of aromatic nitrogens is 2. The van der Waals surface area contributed by atoms with Gasteiger partial charge in [0, 0.05) is 42.0 Å². The summed E-state index contributed by atoms with van der Waals surface area (Å²) >= 11 is 0. The molecule has 1 aromatic carbocycles. The van der Waals surface area contributed by atoms with Gasteiger partial charge in [0.05, 0.1) is 12.8 Å². The Labute approximate surface area is 156 Å². The highest BCUT2D eigenvalue weighted by Gasteiger charge is 2.33. The van der Waals surface area contributed by atoms with Crippen molar-refractivity contribution in [2.45, 2.75) is 26.2 Å². The number of methoxy groups -OCH3 is 1. The van der Waals surface area contributed by atoms with Crippen LogP contribution in [0.4, 0.5) is 5.69 Å². The molecule has 3 aromatic rings. The van der Waals surface area contributed by atoms with E-state index in [1.807, 2.05) is 26.0 Å². The fraction of sp³-hybridized carbons (Fsp3) is 0.350. The average molecular weight is 369 g/mol. The van der Waals surface area contributed by atoms with E-state index >= 15 is 0 Å². The number of ether oxygens (including phenoxy) is 2. The number of aliphatic hydroxyl groups excluding tert-OH is 1. The topological polar surface area (TPSA) is 88.5 Å². The largest absolute Gasteiger partial charge is 0.497 e. The molecule has 1 aliphatic rings. The third kappa shape index (κ3) is 2.75. The molecule has 2 unspecified atom stereocenters. The minimum atomic E-state index is -0.815. The van der Waals surface area contributed by atoms with Crippen molar-refractivity contribution in [3.63, 3.8) is 0 Å². The Hall–Kier alpha value is -2.93. The number of pyridine rings is 1. The van der Waals surface area contributed by atoms with Gasteiger partial charge in [-0.25, -0.2) is 0 Å². The number of aryl methyl sites for hydroxylation is 1. The fourth-order valence-electron chi connectivity index (χ4n) is 3.58. The molecule has 0 bridgehead atoms. The van der Waals surface area contributed by atoms with Gasteiger partial charge >= 0.3 is 0 Å². The second-order valence-electron chi connectivity index (χ2n) is 7.19. The van der Waals surface area contributed by atoms with E-state index in [4.69, 9.17) is 9.47 Å². The van der Waals surface area contributed by atoms with E-state index in [0.717, 1.165) is 16.5 Å². The van der Waals surface area contributed by atoms with Gasteiger partial charge in [0.1, 0.15) is 17.4 Å². The standard InChI is InChI=1S/C20H23N3O4/c1-10(2)17-19(24)22-15-8-11(26-4)7-13(18(15)27-17)14-9-23(3)20(25)16-12(14)5-6-21-16/h5-10,17,19,21-22,24H,1-4H3. The number of rotatable bonds is 3. The van der Waals surface area contributed by atoms with Gasteiger partial charge in [-0.15, -0.1) is 0 Å². The first-order valence-corrected chi connectivity index (χ1v) is 8.91. The highest BCUT2D eigenvalue weighted by atomic mass is 16.5. The van der Waals surface area contributed by atoms with E-state index in [9.17, 15) is 9.90 Å². The molecule has 27 heavy (non-hydrogen) atoms. The molecular formula is C20H23N3O4. The van der Waals surface area contributed by atoms with Crippen molar-refractivity contribution >= 4 is 16.6 Å². The molecule has 0 saturated carbocycles. The molecule has 4 rings (SSSR count). The van der Waals surface area contributed by atoms with Crippen LogP contribution in [0.2, 0.25) is 0 Å². The normalized spacial score (nSPS) is 18.9. The highest BCUT2D eigenvalue weighted by molar-refractivity contribution is 5.97. The first-order valence-electron chi connectivity index (χ1n) is 8.91. The van der Waals surface area contributed by atoms with Crippen LogP contribution in [0.3, 0.4) is 0 Å². The number of nitrogens with one attached hydrogen (secondary N) is 2. The van der Waals surface area contributed by atoms with Crippen LogP contribution in [0.5, 0.6) is 11.5 Å². The van der Waals surface area contributed by atoms with Crippen molar-refractivity contribution in [2.24, 2.45) is 13.0 Å². The fourth-order valence-corrected chi connectivity index (χ4v) is 3.58. The van der Waals surface area contributed by atoms with Crippen LogP contribution in [0.1, 0.15) is 13.8 Å². The van der Waals surface area contributed by atoms with Crippen LogP contribution in [-0.2, 0) is 7.05 Å². The van der Waals surface area contributed by atoms with Gasteiger partial charge in [-0.05, 0) is 18.1 Å². The van der Waals surface area contributed by atoms with E-state index in [1.165, 1.54) is 0 Å². The molecule has 0 saturated heterocycles. The molecular weight excluding hydrogens is 346 g/mol. The summed E-state index contributed by atoms with van der Waals surface area (Å²) in [7, 11) is 3.31. The van der Waals surface area contributed by atoms with Gasteiger partial charge in [-0.1, -0.05) is 13.8 Å². The Bertz CT molecular complexity index is 1070. The van der Waals surface area contributed by atoms with E-state index < -0.39 is 6.23 Å². The molecule has 0 spiro atoms. The Balaban J connectivity index is 2.00. The summed E-state index contributed by atoms with van der Waals surface area (Å²) in [5.74, 6) is 1.39. The third-order valence-corrected chi connectivity index (χ3v) is 5.01. The molecule has 0 fully saturated rings. The molecule has 3 heterocycles. The van der Waals surface area contributed by atoms with Crippen LogP contribution in [0.15, 0.2) is 35.4 Å². The number of nitrogens with zero attached hydrogens (tertiary/aromatic N) is 1. The summed E-state index contributed by atoms with van der Waals surface area (Å²) in [5, 5.41) is 14.3. The number of H-pyrrole nitrogens is 1. The summed E-state index contributed by atoms with van der Waals surface area (Å²) in [5.41, 5.74) is 2.76. The average Bonchev–Trinajstić information content (AvgIpc) is 3.13. The summed E-state index contributed by atoms with van der Waals surface area (Å²) in [6.07, 6.45) is 2.35. The quantitative estimate of drug-likeness (QED) is 0.661. The molecule has 2 atom stereocenters. The van der Waals surface area contributed by atoms with Gasteiger partial charge in [0.15, 0.2) is 12.0 Å². The van der Waals surface area contributed by atoms with Crippen molar-refractivity contribution in [1.82, 2.24) is 9.55 Å². The first-order chi connectivity index (χ1) is 12.9. The van der Waals surface area contributed by atoms with Crippen molar-refractivity contribution in [3.05, 3.63) is 40.9 Å². The molecule has 2 aromatic heterocycles. The molecule has 0 aliphatic carbocycles. The van der Waals surface area contributed by atoms with Crippen LogP contribution in [0.25, 0.3) is 22.0 Å². The number of hydrogen-bond acceptors (Lipinski definition) is 5. The van der Waals surface area contributed by atoms with Crippen LogP contribution < -0.4 is 20.3 Å². The summed E-state index contributed by atoms with van der Waals surface area (Å²) in [6.45, 7) is 4.00.